The van der Waals surface area contributed by atoms with Gasteiger partial charge in [0, 0.05) is 57.5 Å². The Morgan fingerprint density at radius 2 is 1.89 bits per heavy atom. The number of pyridine rings is 2. The first-order valence-electron chi connectivity index (χ1n) is 12.9. The Bertz CT molecular complexity index is 1360. The first kappa shape index (κ1) is 23.9. The summed E-state index contributed by atoms with van der Waals surface area (Å²) in [5, 5.41) is 7.40. The molecule has 1 unspecified atom stereocenters. The normalized spacial score (nSPS) is 23.9. The molecule has 3 aliphatic heterocycles. The number of fused-ring (bicyclic) bond motifs is 4. The second-order valence-corrected chi connectivity index (χ2v) is 9.74. The van der Waals surface area contributed by atoms with Crippen LogP contribution >= 0.6 is 0 Å². The second kappa shape index (κ2) is 10.5. The van der Waals surface area contributed by atoms with Gasteiger partial charge in [-0.2, -0.15) is 0 Å². The molecule has 1 fully saturated rings. The minimum Gasteiger partial charge on any atom is -0.494 e. The lowest BCUT2D eigenvalue weighted by Crippen LogP contribution is -2.40. The maximum absolute atomic E-state index is 12.8. The summed E-state index contributed by atoms with van der Waals surface area (Å²) < 4.78 is 19.5. The lowest BCUT2D eigenvalue weighted by atomic mass is 10.2. The van der Waals surface area contributed by atoms with Gasteiger partial charge in [-0.25, -0.2) is 4.98 Å². The maximum Gasteiger partial charge on any atom is 0.263 e. The lowest BCUT2D eigenvalue weighted by molar-refractivity contribution is -0.118. The van der Waals surface area contributed by atoms with Gasteiger partial charge in [0.05, 0.1) is 23.9 Å². The van der Waals surface area contributed by atoms with Crippen LogP contribution in [0.2, 0.25) is 0 Å². The predicted octanol–water partition coefficient (Wildman–Crippen LogP) is 1.76. The van der Waals surface area contributed by atoms with Crippen molar-refractivity contribution in [2.24, 2.45) is 0 Å². The number of rotatable bonds is 3. The number of nitrogens with one attached hydrogen (secondary N) is 2. The first-order chi connectivity index (χ1) is 18.1. The van der Waals surface area contributed by atoms with Crippen LogP contribution in [-0.2, 0) is 22.6 Å². The third kappa shape index (κ3) is 5.31. The van der Waals surface area contributed by atoms with Crippen LogP contribution in [0.4, 0.5) is 5.82 Å². The highest BCUT2D eigenvalue weighted by atomic mass is 16.5. The molecule has 3 aliphatic rings. The molecule has 1 amide bonds. The van der Waals surface area contributed by atoms with Gasteiger partial charge >= 0.3 is 0 Å². The van der Waals surface area contributed by atoms with Crippen molar-refractivity contribution in [1.29, 1.82) is 0 Å². The van der Waals surface area contributed by atoms with E-state index in [1.165, 1.54) is 0 Å². The molecule has 1 aromatic carbocycles. The topological polar surface area (TPSA) is 107 Å². The van der Waals surface area contributed by atoms with E-state index in [4.69, 9.17) is 14.2 Å². The van der Waals surface area contributed by atoms with Crippen molar-refractivity contribution in [3.8, 4) is 11.5 Å². The van der Waals surface area contributed by atoms with Gasteiger partial charge in [0.15, 0.2) is 18.2 Å². The van der Waals surface area contributed by atoms with Crippen LogP contribution < -0.4 is 25.7 Å². The number of benzene rings is 1. The summed E-state index contributed by atoms with van der Waals surface area (Å²) in [5.41, 5.74) is 1.71. The number of amides is 1. The van der Waals surface area contributed by atoms with E-state index in [-0.39, 0.29) is 30.2 Å². The van der Waals surface area contributed by atoms with E-state index in [0.717, 1.165) is 54.8 Å². The summed E-state index contributed by atoms with van der Waals surface area (Å²) >= 11 is 0. The highest BCUT2D eigenvalue weighted by molar-refractivity contribution is 5.94. The van der Waals surface area contributed by atoms with Crippen molar-refractivity contribution in [2.75, 3.05) is 44.8 Å². The summed E-state index contributed by atoms with van der Waals surface area (Å²) in [4.78, 5) is 31.3. The standard InChI is InChI=1S/C27H31N5O5/c33-25-17-37-23-7-5-19(29-27(23)30-25)14-28-21-15-31-9-10-32-22-13-20(6-3-18(22)4-8-26(32)34)35-11-1-2-12-36-24(21)16-31/h3-8,13,21,24,28H,1-2,9-12,14-17H2,(H,29,30,33)/t21-,24-/m1/s1. The number of carbonyl (C=O) groups excluding carboxylic acids is 1. The predicted molar refractivity (Wildman–Crippen MR) is 138 cm³/mol. The molecule has 194 valence electrons. The number of hydrogen-bond donors (Lipinski definition) is 2. The molecule has 6 rings (SSSR count). The maximum atomic E-state index is 12.8. The zero-order valence-electron chi connectivity index (χ0n) is 20.7. The van der Waals surface area contributed by atoms with Crippen LogP contribution in [0.15, 0.2) is 47.3 Å². The average molecular weight is 506 g/mol. The Balaban J connectivity index is 1.17. The fourth-order valence-electron chi connectivity index (χ4n) is 5.20. The SMILES string of the molecule is O=C1COc2ccc(CN[C@@H]3CN4CCn5c(=O)ccc6ccc(cc65)OCCCCO[C@@H]3C4)nc2N1. The van der Waals surface area contributed by atoms with Crippen molar-refractivity contribution >= 4 is 22.6 Å². The van der Waals surface area contributed by atoms with Gasteiger partial charge in [-0.3, -0.25) is 14.5 Å². The molecule has 10 heteroatoms. The van der Waals surface area contributed by atoms with Crippen molar-refractivity contribution in [3.05, 3.63) is 58.5 Å². The van der Waals surface area contributed by atoms with Crippen LogP contribution in [0.3, 0.4) is 0 Å². The third-order valence-corrected chi connectivity index (χ3v) is 7.16. The molecular formula is C27H31N5O5. The van der Waals surface area contributed by atoms with Gasteiger partial charge in [0.2, 0.25) is 0 Å². The van der Waals surface area contributed by atoms with Gasteiger partial charge < -0.3 is 29.4 Å². The molecule has 5 heterocycles. The highest BCUT2D eigenvalue weighted by Gasteiger charge is 2.33. The number of ether oxygens (including phenoxy) is 3. The van der Waals surface area contributed by atoms with E-state index in [2.05, 4.69) is 20.5 Å². The van der Waals surface area contributed by atoms with Crippen molar-refractivity contribution < 1.29 is 19.0 Å². The van der Waals surface area contributed by atoms with Gasteiger partial charge in [-0.15, -0.1) is 0 Å². The molecule has 3 atom stereocenters. The molecule has 1 saturated heterocycles. The number of anilines is 1. The fourth-order valence-corrected chi connectivity index (χ4v) is 5.20. The van der Waals surface area contributed by atoms with E-state index in [9.17, 15) is 9.59 Å². The molecule has 0 spiro atoms. The van der Waals surface area contributed by atoms with E-state index in [0.29, 0.717) is 37.9 Å². The molecule has 2 aromatic heterocycles. The molecule has 37 heavy (non-hydrogen) atoms. The van der Waals surface area contributed by atoms with Crippen molar-refractivity contribution in [2.45, 2.75) is 38.1 Å². The number of nitrogens with zero attached hydrogens (tertiary/aromatic N) is 3. The Morgan fingerprint density at radius 1 is 1.00 bits per heavy atom. The molecular weight excluding hydrogens is 474 g/mol. The lowest BCUT2D eigenvalue weighted by Gasteiger charge is -2.21. The summed E-state index contributed by atoms with van der Waals surface area (Å²) in [6.07, 6.45) is 1.83. The molecule has 2 N–H and O–H groups in total. The number of aromatic nitrogens is 2. The zero-order chi connectivity index (χ0) is 25.2. The largest absolute Gasteiger partial charge is 0.494 e. The minimum atomic E-state index is -0.198. The Labute approximate surface area is 214 Å². The van der Waals surface area contributed by atoms with E-state index >= 15 is 0 Å². The fraction of sp³-hybridized carbons (Fsp3) is 0.444. The average Bonchev–Trinajstić information content (AvgIpc) is 3.29. The molecule has 4 bridgehead atoms. The minimum absolute atomic E-state index is 0.00908. The van der Waals surface area contributed by atoms with Crippen LogP contribution in [0.25, 0.3) is 10.9 Å². The summed E-state index contributed by atoms with van der Waals surface area (Å²) in [5.74, 6) is 1.64. The quantitative estimate of drug-likeness (QED) is 0.555. The summed E-state index contributed by atoms with van der Waals surface area (Å²) in [7, 11) is 0. The van der Waals surface area contributed by atoms with Crippen molar-refractivity contribution in [1.82, 2.24) is 19.8 Å². The Morgan fingerprint density at radius 3 is 2.84 bits per heavy atom. The number of carbonyl (C=O) groups is 1. The van der Waals surface area contributed by atoms with E-state index in [1.807, 2.05) is 41.0 Å². The number of hydrogen-bond acceptors (Lipinski definition) is 8. The molecule has 0 aliphatic carbocycles. The molecule has 0 saturated carbocycles. The Hall–Kier alpha value is -3.47. The van der Waals surface area contributed by atoms with Gasteiger partial charge in [0.1, 0.15) is 5.75 Å². The summed E-state index contributed by atoms with van der Waals surface area (Å²) in [6, 6.07) is 13.3. The molecule has 3 aromatic rings. The van der Waals surface area contributed by atoms with Gasteiger partial charge in [-0.1, -0.05) is 0 Å². The van der Waals surface area contributed by atoms with Crippen LogP contribution in [-0.4, -0.2) is 72.0 Å². The van der Waals surface area contributed by atoms with Gasteiger partial charge in [0.25, 0.3) is 11.5 Å². The van der Waals surface area contributed by atoms with E-state index in [1.54, 1.807) is 6.07 Å². The van der Waals surface area contributed by atoms with Crippen LogP contribution in [0.1, 0.15) is 18.5 Å². The monoisotopic (exact) mass is 505 g/mol. The van der Waals surface area contributed by atoms with E-state index < -0.39 is 0 Å². The highest BCUT2D eigenvalue weighted by Crippen LogP contribution is 2.26. The smallest absolute Gasteiger partial charge is 0.263 e. The Kier molecular flexibility index (Phi) is 6.77. The van der Waals surface area contributed by atoms with Crippen LogP contribution in [0.5, 0.6) is 11.5 Å². The molecule has 10 nitrogen and oxygen atoms in total. The van der Waals surface area contributed by atoms with Gasteiger partial charge in [-0.05, 0) is 48.6 Å². The van der Waals surface area contributed by atoms with Crippen LogP contribution in [0, 0.1) is 0 Å². The summed E-state index contributed by atoms with van der Waals surface area (Å²) in [6.45, 7) is 4.76. The first-order valence-corrected chi connectivity index (χ1v) is 12.9. The second-order valence-electron chi connectivity index (χ2n) is 9.74. The van der Waals surface area contributed by atoms with Crippen molar-refractivity contribution in [3.63, 3.8) is 0 Å². The third-order valence-electron chi connectivity index (χ3n) is 7.16. The molecule has 0 radical (unpaired) electrons. The zero-order valence-corrected chi connectivity index (χ0v) is 20.7.